The second-order valence-corrected chi connectivity index (χ2v) is 5.47. The highest BCUT2D eigenvalue weighted by Gasteiger charge is 2.45. The van der Waals surface area contributed by atoms with Gasteiger partial charge in [0.05, 0.1) is 24.8 Å². The van der Waals surface area contributed by atoms with Crippen molar-refractivity contribution in [3.05, 3.63) is 0 Å². The fourth-order valence-electron chi connectivity index (χ4n) is 2.80. The number of amides is 1. The molecule has 0 spiro atoms. The highest BCUT2D eigenvalue weighted by atomic mass is 16.5. The van der Waals surface area contributed by atoms with Gasteiger partial charge in [0.1, 0.15) is 5.41 Å². The Morgan fingerprint density at radius 3 is 2.74 bits per heavy atom. The number of hydrogen-bond donors (Lipinski definition) is 0. The first-order chi connectivity index (χ1) is 9.13. The standard InChI is InChI=1S/C14H22N2O3/c1-3-12-9-19-11(2)8-16(12)13(17)14(10-15)4-6-18-7-5-14/h11-12H,3-9H2,1-2H3. The molecule has 5 heteroatoms. The Hall–Kier alpha value is -1.12. The van der Waals surface area contributed by atoms with Crippen LogP contribution in [0.4, 0.5) is 0 Å². The summed E-state index contributed by atoms with van der Waals surface area (Å²) in [4.78, 5) is 14.7. The monoisotopic (exact) mass is 266 g/mol. The molecule has 2 unspecified atom stereocenters. The summed E-state index contributed by atoms with van der Waals surface area (Å²) in [7, 11) is 0. The molecule has 0 radical (unpaired) electrons. The van der Waals surface area contributed by atoms with Crippen molar-refractivity contribution in [1.82, 2.24) is 4.90 Å². The molecule has 0 aromatic heterocycles. The number of nitriles is 1. The van der Waals surface area contributed by atoms with Crippen LogP contribution in [0.3, 0.4) is 0 Å². The van der Waals surface area contributed by atoms with Gasteiger partial charge in [-0.3, -0.25) is 4.79 Å². The Balaban J connectivity index is 2.18. The predicted octanol–water partition coefficient (Wildman–Crippen LogP) is 1.33. The number of morpholine rings is 1. The van der Waals surface area contributed by atoms with Crippen LogP contribution in [0.5, 0.6) is 0 Å². The van der Waals surface area contributed by atoms with Gasteiger partial charge in [0.25, 0.3) is 0 Å². The van der Waals surface area contributed by atoms with Crippen molar-refractivity contribution < 1.29 is 14.3 Å². The summed E-state index contributed by atoms with van der Waals surface area (Å²) in [6, 6.07) is 2.36. The van der Waals surface area contributed by atoms with Gasteiger partial charge in [-0.2, -0.15) is 5.26 Å². The maximum Gasteiger partial charge on any atom is 0.243 e. The highest BCUT2D eigenvalue weighted by Crippen LogP contribution is 2.33. The lowest BCUT2D eigenvalue weighted by Crippen LogP contribution is -2.56. The van der Waals surface area contributed by atoms with Crippen LogP contribution in [0.1, 0.15) is 33.1 Å². The van der Waals surface area contributed by atoms with Crippen molar-refractivity contribution in [3.63, 3.8) is 0 Å². The largest absolute Gasteiger partial charge is 0.381 e. The van der Waals surface area contributed by atoms with Crippen LogP contribution in [0.25, 0.3) is 0 Å². The predicted molar refractivity (Wildman–Crippen MR) is 69.3 cm³/mol. The molecule has 2 rings (SSSR count). The van der Waals surface area contributed by atoms with E-state index < -0.39 is 5.41 Å². The van der Waals surface area contributed by atoms with Gasteiger partial charge in [-0.05, 0) is 26.2 Å². The van der Waals surface area contributed by atoms with E-state index in [1.165, 1.54) is 0 Å². The van der Waals surface area contributed by atoms with Gasteiger partial charge >= 0.3 is 0 Å². The number of carbonyl (C=O) groups is 1. The molecule has 2 aliphatic rings. The summed E-state index contributed by atoms with van der Waals surface area (Å²) in [5.41, 5.74) is -0.886. The summed E-state index contributed by atoms with van der Waals surface area (Å²) < 4.78 is 10.9. The lowest BCUT2D eigenvalue weighted by molar-refractivity contribution is -0.156. The number of carbonyl (C=O) groups excluding carboxylic acids is 1. The lowest BCUT2D eigenvalue weighted by Gasteiger charge is -2.42. The molecular weight excluding hydrogens is 244 g/mol. The van der Waals surface area contributed by atoms with Crippen molar-refractivity contribution in [2.24, 2.45) is 5.41 Å². The summed E-state index contributed by atoms with van der Waals surface area (Å²) in [5, 5.41) is 9.48. The Bertz CT molecular complexity index is 371. The van der Waals surface area contributed by atoms with Crippen LogP contribution < -0.4 is 0 Å². The van der Waals surface area contributed by atoms with Gasteiger partial charge in [0, 0.05) is 19.8 Å². The van der Waals surface area contributed by atoms with E-state index in [2.05, 4.69) is 6.07 Å². The molecule has 0 aliphatic carbocycles. The first-order valence-corrected chi connectivity index (χ1v) is 7.04. The van der Waals surface area contributed by atoms with E-state index in [4.69, 9.17) is 9.47 Å². The molecule has 0 aromatic rings. The van der Waals surface area contributed by atoms with E-state index >= 15 is 0 Å². The number of ether oxygens (including phenoxy) is 2. The molecule has 0 aromatic carbocycles. The van der Waals surface area contributed by atoms with Crippen LogP contribution in [0, 0.1) is 16.7 Å². The maximum absolute atomic E-state index is 12.8. The molecule has 2 aliphatic heterocycles. The van der Waals surface area contributed by atoms with Crippen LogP contribution in [0.15, 0.2) is 0 Å². The van der Waals surface area contributed by atoms with Gasteiger partial charge < -0.3 is 14.4 Å². The van der Waals surface area contributed by atoms with E-state index in [0.717, 1.165) is 6.42 Å². The summed E-state index contributed by atoms with van der Waals surface area (Å²) >= 11 is 0. The van der Waals surface area contributed by atoms with E-state index in [-0.39, 0.29) is 18.1 Å². The molecule has 2 atom stereocenters. The lowest BCUT2D eigenvalue weighted by atomic mass is 9.79. The molecule has 0 saturated carbocycles. The fourth-order valence-corrected chi connectivity index (χ4v) is 2.80. The van der Waals surface area contributed by atoms with Gasteiger partial charge in [-0.15, -0.1) is 0 Å². The highest BCUT2D eigenvalue weighted by molar-refractivity contribution is 5.86. The normalized spacial score (nSPS) is 30.7. The third-order valence-corrected chi connectivity index (χ3v) is 4.17. The fraction of sp³-hybridized carbons (Fsp3) is 0.857. The number of rotatable bonds is 2. The molecular formula is C14H22N2O3. The minimum Gasteiger partial charge on any atom is -0.381 e. The van der Waals surface area contributed by atoms with E-state index in [1.54, 1.807) is 0 Å². The van der Waals surface area contributed by atoms with Crippen LogP contribution in [-0.4, -0.2) is 49.3 Å². The molecule has 5 nitrogen and oxygen atoms in total. The minimum absolute atomic E-state index is 0.0275. The van der Waals surface area contributed by atoms with E-state index in [1.807, 2.05) is 18.7 Å². The van der Waals surface area contributed by atoms with Gasteiger partial charge in [0.15, 0.2) is 0 Å². The second kappa shape index (κ2) is 5.89. The van der Waals surface area contributed by atoms with E-state index in [0.29, 0.717) is 39.2 Å². The van der Waals surface area contributed by atoms with Crippen LogP contribution in [0.2, 0.25) is 0 Å². The number of nitrogens with zero attached hydrogens (tertiary/aromatic N) is 2. The molecule has 19 heavy (non-hydrogen) atoms. The van der Waals surface area contributed by atoms with Gasteiger partial charge in [0.2, 0.25) is 5.91 Å². The quantitative estimate of drug-likeness (QED) is 0.756. The van der Waals surface area contributed by atoms with Crippen LogP contribution in [-0.2, 0) is 14.3 Å². The zero-order valence-electron chi connectivity index (χ0n) is 11.7. The zero-order valence-corrected chi connectivity index (χ0v) is 11.7. The molecule has 106 valence electrons. The van der Waals surface area contributed by atoms with E-state index in [9.17, 15) is 10.1 Å². The average Bonchev–Trinajstić information content (AvgIpc) is 2.47. The number of hydrogen-bond acceptors (Lipinski definition) is 4. The Kier molecular flexibility index (Phi) is 4.43. The molecule has 0 N–H and O–H groups in total. The Morgan fingerprint density at radius 1 is 1.47 bits per heavy atom. The topological polar surface area (TPSA) is 62.6 Å². The molecule has 2 heterocycles. The zero-order chi connectivity index (χ0) is 13.9. The Morgan fingerprint density at radius 2 is 2.16 bits per heavy atom. The maximum atomic E-state index is 12.8. The van der Waals surface area contributed by atoms with Crippen molar-refractivity contribution >= 4 is 5.91 Å². The van der Waals surface area contributed by atoms with Crippen molar-refractivity contribution in [1.29, 1.82) is 5.26 Å². The smallest absolute Gasteiger partial charge is 0.243 e. The third kappa shape index (κ3) is 2.75. The molecule has 2 fully saturated rings. The second-order valence-electron chi connectivity index (χ2n) is 5.47. The summed E-state index contributed by atoms with van der Waals surface area (Å²) in [6.07, 6.45) is 1.91. The SMILES string of the molecule is CCC1COC(C)CN1C(=O)C1(C#N)CCOCC1. The van der Waals surface area contributed by atoms with Gasteiger partial charge in [-0.1, -0.05) is 6.92 Å². The summed E-state index contributed by atoms with van der Waals surface area (Å²) in [5.74, 6) is -0.0275. The first-order valence-electron chi connectivity index (χ1n) is 7.04. The van der Waals surface area contributed by atoms with Crippen molar-refractivity contribution in [3.8, 4) is 6.07 Å². The van der Waals surface area contributed by atoms with Gasteiger partial charge in [-0.25, -0.2) is 0 Å². The third-order valence-electron chi connectivity index (χ3n) is 4.17. The molecule has 0 bridgehead atoms. The molecule has 1 amide bonds. The van der Waals surface area contributed by atoms with Crippen molar-refractivity contribution in [2.45, 2.75) is 45.3 Å². The average molecular weight is 266 g/mol. The minimum atomic E-state index is -0.886. The first kappa shape index (κ1) is 14.3. The Labute approximate surface area is 114 Å². The van der Waals surface area contributed by atoms with Crippen LogP contribution >= 0.6 is 0 Å². The van der Waals surface area contributed by atoms with Crippen molar-refractivity contribution in [2.75, 3.05) is 26.4 Å². The molecule has 2 saturated heterocycles. The summed E-state index contributed by atoms with van der Waals surface area (Å²) in [6.45, 7) is 6.16.